The minimum atomic E-state index is -4.40. The molecule has 0 fully saturated rings. The van der Waals surface area contributed by atoms with Crippen molar-refractivity contribution in [2.45, 2.75) is 23.5 Å². The Morgan fingerprint density at radius 3 is 2.48 bits per heavy atom. The molecule has 112 valence electrons. The molecular formula is C14H12F4N2S. The van der Waals surface area contributed by atoms with Crippen molar-refractivity contribution >= 4 is 11.8 Å². The third-order valence-electron chi connectivity index (χ3n) is 2.79. The second-order valence-corrected chi connectivity index (χ2v) is 5.30. The molecule has 0 spiro atoms. The number of halogens is 4. The summed E-state index contributed by atoms with van der Waals surface area (Å²) in [4.78, 5) is 3.73. The first kappa shape index (κ1) is 15.8. The number of thioether (sulfide) groups is 1. The average Bonchev–Trinajstić information content (AvgIpc) is 2.46. The molecule has 7 heteroatoms. The van der Waals surface area contributed by atoms with Crippen molar-refractivity contribution in [1.82, 2.24) is 4.98 Å². The first-order valence-electron chi connectivity index (χ1n) is 6.03. The van der Waals surface area contributed by atoms with E-state index in [0.29, 0.717) is 17.1 Å². The van der Waals surface area contributed by atoms with E-state index in [1.54, 1.807) is 12.1 Å². The second-order valence-electron chi connectivity index (χ2n) is 4.30. The fraction of sp³-hybridized carbons (Fsp3) is 0.214. The van der Waals surface area contributed by atoms with Crippen molar-refractivity contribution in [2.75, 3.05) is 0 Å². The van der Waals surface area contributed by atoms with E-state index in [9.17, 15) is 17.6 Å². The fourth-order valence-electron chi connectivity index (χ4n) is 1.65. The lowest BCUT2D eigenvalue weighted by Crippen LogP contribution is -2.05. The molecule has 0 radical (unpaired) electrons. The van der Waals surface area contributed by atoms with E-state index in [0.717, 1.165) is 17.8 Å². The lowest BCUT2D eigenvalue weighted by atomic mass is 10.1. The van der Waals surface area contributed by atoms with Crippen LogP contribution < -0.4 is 5.73 Å². The first-order chi connectivity index (χ1) is 9.90. The van der Waals surface area contributed by atoms with Crippen LogP contribution in [-0.4, -0.2) is 4.98 Å². The SMILES string of the molecule is NCc1ccc(F)c(CSc2ccc(C(F)(F)F)cn2)c1. The summed E-state index contributed by atoms with van der Waals surface area (Å²) in [5.41, 5.74) is 5.93. The molecule has 0 amide bonds. The third-order valence-corrected chi connectivity index (χ3v) is 3.78. The summed E-state index contributed by atoms with van der Waals surface area (Å²) < 4.78 is 50.8. The zero-order valence-corrected chi connectivity index (χ0v) is 11.6. The van der Waals surface area contributed by atoms with Crippen LogP contribution in [0.3, 0.4) is 0 Å². The zero-order chi connectivity index (χ0) is 15.5. The summed E-state index contributed by atoms with van der Waals surface area (Å²) in [5.74, 6) is -0.0930. The molecule has 0 bridgehead atoms. The number of nitrogens with zero attached hydrogens (tertiary/aromatic N) is 1. The summed E-state index contributed by atoms with van der Waals surface area (Å²) in [5, 5.41) is 0.403. The van der Waals surface area contributed by atoms with Crippen molar-refractivity contribution in [1.29, 1.82) is 0 Å². The number of hydrogen-bond acceptors (Lipinski definition) is 3. The van der Waals surface area contributed by atoms with Gasteiger partial charge in [0.1, 0.15) is 5.82 Å². The maximum Gasteiger partial charge on any atom is 0.417 e. The minimum absolute atomic E-state index is 0.276. The Balaban J connectivity index is 2.06. The van der Waals surface area contributed by atoms with Gasteiger partial charge in [-0.3, -0.25) is 0 Å². The van der Waals surface area contributed by atoms with Crippen LogP contribution in [0, 0.1) is 5.82 Å². The van der Waals surface area contributed by atoms with Gasteiger partial charge in [-0.05, 0) is 29.3 Å². The van der Waals surface area contributed by atoms with E-state index in [4.69, 9.17) is 5.73 Å². The normalized spacial score (nSPS) is 11.7. The molecule has 0 saturated carbocycles. The maximum atomic E-state index is 13.6. The number of pyridine rings is 1. The Labute approximate surface area is 123 Å². The molecule has 2 aromatic rings. The molecule has 1 aromatic carbocycles. The summed E-state index contributed by atoms with van der Waals surface area (Å²) >= 11 is 1.17. The van der Waals surface area contributed by atoms with Gasteiger partial charge >= 0.3 is 6.18 Å². The average molecular weight is 316 g/mol. The molecule has 0 saturated heterocycles. The Kier molecular flexibility index (Phi) is 4.84. The van der Waals surface area contributed by atoms with Gasteiger partial charge in [-0.25, -0.2) is 9.37 Å². The summed E-state index contributed by atoms with van der Waals surface area (Å²) in [6.07, 6.45) is -3.63. The number of aromatic nitrogens is 1. The Bertz CT molecular complexity index is 611. The van der Waals surface area contributed by atoms with Gasteiger partial charge in [0.2, 0.25) is 0 Å². The minimum Gasteiger partial charge on any atom is -0.326 e. The number of alkyl halides is 3. The number of hydrogen-bond donors (Lipinski definition) is 1. The highest BCUT2D eigenvalue weighted by atomic mass is 32.2. The molecule has 0 atom stereocenters. The van der Waals surface area contributed by atoms with E-state index in [1.807, 2.05) is 0 Å². The van der Waals surface area contributed by atoms with Gasteiger partial charge in [-0.1, -0.05) is 12.1 Å². The standard InChI is InChI=1S/C14H12F4N2S/c15-12-3-1-9(6-19)5-10(12)8-21-13-4-2-11(7-20-13)14(16,17)18/h1-5,7H,6,8,19H2. The van der Waals surface area contributed by atoms with Gasteiger partial charge in [0.25, 0.3) is 0 Å². The summed E-state index contributed by atoms with van der Waals surface area (Å²) in [6, 6.07) is 6.81. The van der Waals surface area contributed by atoms with E-state index in [-0.39, 0.29) is 11.6 Å². The van der Waals surface area contributed by atoms with Crippen molar-refractivity contribution < 1.29 is 17.6 Å². The zero-order valence-electron chi connectivity index (χ0n) is 10.8. The molecule has 0 aliphatic heterocycles. The van der Waals surface area contributed by atoms with E-state index >= 15 is 0 Å². The van der Waals surface area contributed by atoms with Crippen LogP contribution in [0.25, 0.3) is 0 Å². The number of rotatable bonds is 4. The summed E-state index contributed by atoms with van der Waals surface area (Å²) in [7, 11) is 0. The van der Waals surface area contributed by atoms with Crippen molar-refractivity contribution in [3.05, 3.63) is 59.0 Å². The second kappa shape index (κ2) is 6.44. The Morgan fingerprint density at radius 2 is 1.90 bits per heavy atom. The molecule has 2 rings (SSSR count). The number of benzene rings is 1. The van der Waals surface area contributed by atoms with Crippen molar-refractivity contribution in [3.63, 3.8) is 0 Å². The Morgan fingerprint density at radius 1 is 1.14 bits per heavy atom. The van der Waals surface area contributed by atoms with Gasteiger partial charge < -0.3 is 5.73 Å². The molecule has 1 aromatic heterocycles. The molecule has 0 aliphatic rings. The predicted octanol–water partition coefficient (Wildman–Crippen LogP) is 3.99. The van der Waals surface area contributed by atoms with Crippen LogP contribution in [0.15, 0.2) is 41.6 Å². The molecular weight excluding hydrogens is 304 g/mol. The van der Waals surface area contributed by atoms with Gasteiger partial charge in [0, 0.05) is 18.5 Å². The van der Waals surface area contributed by atoms with Gasteiger partial charge in [-0.2, -0.15) is 13.2 Å². The molecule has 0 aliphatic carbocycles. The maximum absolute atomic E-state index is 13.6. The fourth-order valence-corrected chi connectivity index (χ4v) is 2.47. The number of nitrogens with two attached hydrogens (primary N) is 1. The molecule has 0 unspecified atom stereocenters. The van der Waals surface area contributed by atoms with E-state index in [1.165, 1.54) is 23.9 Å². The van der Waals surface area contributed by atoms with Crippen LogP contribution in [0.1, 0.15) is 16.7 Å². The smallest absolute Gasteiger partial charge is 0.326 e. The van der Waals surface area contributed by atoms with Crippen LogP contribution in [-0.2, 0) is 18.5 Å². The van der Waals surface area contributed by atoms with Crippen LogP contribution in [0.4, 0.5) is 17.6 Å². The highest BCUT2D eigenvalue weighted by Gasteiger charge is 2.30. The largest absolute Gasteiger partial charge is 0.417 e. The monoisotopic (exact) mass is 316 g/mol. The third kappa shape index (κ3) is 4.18. The van der Waals surface area contributed by atoms with Gasteiger partial charge in [0.15, 0.2) is 0 Å². The lowest BCUT2D eigenvalue weighted by Gasteiger charge is -2.08. The molecule has 1 heterocycles. The van der Waals surface area contributed by atoms with Gasteiger partial charge in [-0.15, -0.1) is 11.8 Å². The van der Waals surface area contributed by atoms with Crippen LogP contribution >= 0.6 is 11.8 Å². The molecule has 21 heavy (non-hydrogen) atoms. The van der Waals surface area contributed by atoms with E-state index < -0.39 is 11.7 Å². The van der Waals surface area contributed by atoms with Crippen molar-refractivity contribution in [3.8, 4) is 0 Å². The van der Waals surface area contributed by atoms with Crippen molar-refractivity contribution in [2.24, 2.45) is 5.73 Å². The molecule has 2 nitrogen and oxygen atoms in total. The summed E-state index contributed by atoms with van der Waals surface area (Å²) in [6.45, 7) is 0.302. The first-order valence-corrected chi connectivity index (χ1v) is 7.02. The highest BCUT2D eigenvalue weighted by molar-refractivity contribution is 7.98. The van der Waals surface area contributed by atoms with Gasteiger partial charge in [0.05, 0.1) is 10.6 Å². The predicted molar refractivity (Wildman–Crippen MR) is 73.1 cm³/mol. The highest BCUT2D eigenvalue weighted by Crippen LogP contribution is 2.30. The van der Waals surface area contributed by atoms with E-state index in [2.05, 4.69) is 4.98 Å². The quantitative estimate of drug-likeness (QED) is 0.685. The topological polar surface area (TPSA) is 38.9 Å². The molecule has 2 N–H and O–H groups in total. The lowest BCUT2D eigenvalue weighted by molar-refractivity contribution is -0.137. The van der Waals surface area contributed by atoms with Crippen LogP contribution in [0.2, 0.25) is 0 Å². The van der Waals surface area contributed by atoms with Crippen LogP contribution in [0.5, 0.6) is 0 Å². The Hall–Kier alpha value is -1.60.